The molecule has 4 amide bonds. The highest BCUT2D eigenvalue weighted by Gasteiger charge is 2.32. The van der Waals surface area contributed by atoms with Crippen molar-refractivity contribution in [2.75, 3.05) is 13.1 Å². The smallest absolute Gasteiger partial charge is 0.326 e. The summed E-state index contributed by atoms with van der Waals surface area (Å²) in [4.78, 5) is 61.1. The third kappa shape index (κ3) is 13.0. The van der Waals surface area contributed by atoms with Crippen molar-refractivity contribution in [1.29, 1.82) is 0 Å². The molecule has 0 fully saturated rings. The first kappa shape index (κ1) is 32.2. The Balaban J connectivity index is 5.51. The highest BCUT2D eigenvalue weighted by atomic mass is 16.4. The molecule has 0 heterocycles. The monoisotopic (exact) mass is 501 g/mol. The fourth-order valence-corrected chi connectivity index (χ4v) is 3.30. The van der Waals surface area contributed by atoms with Crippen molar-refractivity contribution in [3.05, 3.63) is 0 Å². The van der Waals surface area contributed by atoms with Gasteiger partial charge in [0, 0.05) is 0 Å². The second-order valence-electron chi connectivity index (χ2n) is 8.68. The molecule has 0 aliphatic rings. The number of nitrogens with two attached hydrogens (primary N) is 4. The Bertz CT molecular complexity index is 706. The second kappa shape index (κ2) is 17.6. The van der Waals surface area contributed by atoms with Crippen LogP contribution in [0, 0.1) is 5.92 Å². The average Bonchev–Trinajstić information content (AvgIpc) is 2.80. The molecule has 0 aliphatic heterocycles. The maximum absolute atomic E-state index is 13.1. The predicted molar refractivity (Wildman–Crippen MR) is 130 cm³/mol. The summed E-state index contributed by atoms with van der Waals surface area (Å²) in [7, 11) is 0. The number of carboxylic acid groups (broad SMARTS) is 1. The minimum Gasteiger partial charge on any atom is -0.480 e. The van der Waals surface area contributed by atoms with Gasteiger partial charge in [0.25, 0.3) is 0 Å². The summed E-state index contributed by atoms with van der Waals surface area (Å²) in [6, 6.07) is -4.41. The zero-order valence-electron chi connectivity index (χ0n) is 20.8. The largest absolute Gasteiger partial charge is 0.480 e. The Labute approximate surface area is 206 Å². The number of hydrogen-bond donors (Lipinski definition) is 8. The minimum atomic E-state index is -1.54. The molecular formula is C22H43N7O6. The first-order valence-electron chi connectivity index (χ1n) is 12.1. The number of carbonyl (C=O) groups is 5. The van der Waals surface area contributed by atoms with Crippen LogP contribution in [0.3, 0.4) is 0 Å². The lowest BCUT2D eigenvalue weighted by atomic mass is 9.96. The Morgan fingerprint density at radius 3 is 1.83 bits per heavy atom. The topological polar surface area (TPSA) is 246 Å². The number of primary amides is 1. The molecule has 0 spiro atoms. The maximum Gasteiger partial charge on any atom is 0.326 e. The van der Waals surface area contributed by atoms with Gasteiger partial charge in [-0.05, 0) is 51.1 Å². The summed E-state index contributed by atoms with van der Waals surface area (Å²) in [5.74, 6) is -4.47. The molecule has 5 atom stereocenters. The Kier molecular flexibility index (Phi) is 16.2. The zero-order chi connectivity index (χ0) is 27.0. The highest BCUT2D eigenvalue weighted by Crippen LogP contribution is 2.11. The van der Waals surface area contributed by atoms with Crippen LogP contribution in [0.5, 0.6) is 0 Å². The van der Waals surface area contributed by atoms with Crippen LogP contribution in [-0.2, 0) is 24.0 Å². The molecule has 202 valence electrons. The number of carbonyl (C=O) groups excluding carboxylic acids is 4. The molecule has 12 N–H and O–H groups in total. The number of hydrogen-bond acceptors (Lipinski definition) is 8. The van der Waals surface area contributed by atoms with Gasteiger partial charge in [-0.2, -0.15) is 0 Å². The molecule has 5 unspecified atom stereocenters. The number of amides is 4. The molecular weight excluding hydrogens is 458 g/mol. The Morgan fingerprint density at radius 2 is 1.34 bits per heavy atom. The lowest BCUT2D eigenvalue weighted by Crippen LogP contribution is -2.58. The van der Waals surface area contributed by atoms with Crippen LogP contribution in [0.15, 0.2) is 0 Å². The summed E-state index contributed by atoms with van der Waals surface area (Å²) in [6.07, 6.45) is 3.01. The van der Waals surface area contributed by atoms with Gasteiger partial charge in [0.05, 0.1) is 12.5 Å². The van der Waals surface area contributed by atoms with E-state index in [0.29, 0.717) is 45.2 Å². The quantitative estimate of drug-likeness (QED) is 0.0913. The van der Waals surface area contributed by atoms with E-state index >= 15 is 0 Å². The number of rotatable bonds is 19. The van der Waals surface area contributed by atoms with Crippen LogP contribution < -0.4 is 38.9 Å². The molecule has 0 bridgehead atoms. The summed E-state index contributed by atoms with van der Waals surface area (Å²) in [5, 5.41) is 16.8. The normalized spacial score (nSPS) is 15.2. The zero-order valence-corrected chi connectivity index (χ0v) is 20.8. The van der Waals surface area contributed by atoms with E-state index in [-0.39, 0.29) is 12.3 Å². The van der Waals surface area contributed by atoms with E-state index in [1.54, 1.807) is 6.92 Å². The third-order valence-electron chi connectivity index (χ3n) is 5.70. The van der Waals surface area contributed by atoms with Crippen molar-refractivity contribution in [1.82, 2.24) is 16.0 Å². The molecule has 0 saturated carbocycles. The van der Waals surface area contributed by atoms with Crippen molar-refractivity contribution >= 4 is 29.6 Å². The predicted octanol–water partition coefficient (Wildman–Crippen LogP) is -1.97. The van der Waals surface area contributed by atoms with E-state index < -0.39 is 60.2 Å². The van der Waals surface area contributed by atoms with Crippen LogP contribution in [0.2, 0.25) is 0 Å². The number of aliphatic carboxylic acids is 1. The summed E-state index contributed by atoms with van der Waals surface area (Å²) < 4.78 is 0. The fraction of sp³-hybridized carbons (Fsp3) is 0.773. The van der Waals surface area contributed by atoms with E-state index in [2.05, 4.69) is 16.0 Å². The lowest BCUT2D eigenvalue weighted by molar-refractivity contribution is -0.143. The van der Waals surface area contributed by atoms with E-state index in [1.807, 2.05) is 6.92 Å². The summed E-state index contributed by atoms with van der Waals surface area (Å²) in [6.45, 7) is 4.49. The van der Waals surface area contributed by atoms with Gasteiger partial charge in [0.1, 0.15) is 18.1 Å². The number of unbranched alkanes of at least 4 members (excludes halogenated alkanes) is 2. The van der Waals surface area contributed by atoms with E-state index in [9.17, 15) is 29.1 Å². The molecule has 13 heteroatoms. The second-order valence-corrected chi connectivity index (χ2v) is 8.68. The first-order chi connectivity index (χ1) is 16.5. The maximum atomic E-state index is 13.1. The van der Waals surface area contributed by atoms with Crippen LogP contribution in [-0.4, -0.2) is 72.0 Å². The van der Waals surface area contributed by atoms with Gasteiger partial charge in [-0.3, -0.25) is 19.2 Å². The molecule has 0 radical (unpaired) electrons. The van der Waals surface area contributed by atoms with Gasteiger partial charge in [-0.15, -0.1) is 0 Å². The Hall–Kier alpha value is -2.77. The molecule has 0 rings (SSSR count). The van der Waals surface area contributed by atoms with Crippen LogP contribution in [0.4, 0.5) is 0 Å². The fourth-order valence-electron chi connectivity index (χ4n) is 3.30. The van der Waals surface area contributed by atoms with Gasteiger partial charge in [0.2, 0.25) is 23.6 Å². The lowest BCUT2D eigenvalue weighted by Gasteiger charge is -2.28. The van der Waals surface area contributed by atoms with Gasteiger partial charge < -0.3 is 44.0 Å². The molecule has 35 heavy (non-hydrogen) atoms. The van der Waals surface area contributed by atoms with Crippen molar-refractivity contribution in [3.8, 4) is 0 Å². The van der Waals surface area contributed by atoms with Crippen molar-refractivity contribution in [2.24, 2.45) is 28.9 Å². The van der Waals surface area contributed by atoms with Crippen LogP contribution >= 0.6 is 0 Å². The van der Waals surface area contributed by atoms with E-state index in [4.69, 9.17) is 22.9 Å². The molecule has 0 aromatic carbocycles. The van der Waals surface area contributed by atoms with Crippen molar-refractivity contribution in [2.45, 2.75) is 89.4 Å². The first-order valence-corrected chi connectivity index (χ1v) is 12.1. The average molecular weight is 502 g/mol. The van der Waals surface area contributed by atoms with E-state index in [1.165, 1.54) is 0 Å². The Morgan fingerprint density at radius 1 is 0.800 bits per heavy atom. The molecule has 13 nitrogen and oxygen atoms in total. The van der Waals surface area contributed by atoms with Crippen molar-refractivity contribution in [3.63, 3.8) is 0 Å². The van der Waals surface area contributed by atoms with Gasteiger partial charge in [-0.1, -0.05) is 26.7 Å². The highest BCUT2D eigenvalue weighted by molar-refractivity contribution is 5.95. The number of carboxylic acids is 1. The number of nitrogens with one attached hydrogen (secondary N) is 3. The third-order valence-corrected chi connectivity index (χ3v) is 5.70. The molecule has 0 aliphatic carbocycles. The van der Waals surface area contributed by atoms with E-state index in [0.717, 1.165) is 6.42 Å². The van der Waals surface area contributed by atoms with Crippen LogP contribution in [0.25, 0.3) is 0 Å². The van der Waals surface area contributed by atoms with Crippen LogP contribution in [0.1, 0.15) is 65.2 Å². The van der Waals surface area contributed by atoms with Gasteiger partial charge in [0.15, 0.2) is 0 Å². The summed E-state index contributed by atoms with van der Waals surface area (Å²) >= 11 is 0. The molecule has 0 saturated heterocycles. The van der Waals surface area contributed by atoms with Gasteiger partial charge >= 0.3 is 5.97 Å². The minimum absolute atomic E-state index is 0.178. The molecule has 0 aromatic rings. The molecule has 0 aromatic heterocycles. The SMILES string of the molecule is CCC(C)C(NC(=O)C(N)CCCCN)C(=O)NC(CCCCN)C(=O)NC(CC(N)=O)C(=O)O. The standard InChI is InChI=1S/C22H43N7O6/c1-3-13(2)18(29-19(31)14(25)8-4-6-10-23)21(33)27-15(9-5-7-11-24)20(32)28-16(22(34)35)12-17(26)30/h13-16,18H,3-12,23-25H2,1-2H3,(H2,26,30)(H,27,33)(H,28,32)(H,29,31)(H,34,35). The van der Waals surface area contributed by atoms with Crippen molar-refractivity contribution < 1.29 is 29.1 Å². The van der Waals surface area contributed by atoms with Gasteiger partial charge in [-0.25, -0.2) is 4.79 Å². The summed E-state index contributed by atoms with van der Waals surface area (Å²) in [5.41, 5.74) is 22.0.